The quantitative estimate of drug-likeness (QED) is 0.664. The largest absolute Gasteiger partial charge is 0.268 e. The minimum absolute atomic E-state index is 0.320. The number of hydrogen-bond acceptors (Lipinski definition) is 2. The molecule has 1 rings (SSSR count). The molecule has 0 unspecified atom stereocenters. The molecule has 0 atom stereocenters. The SMILES string of the molecule is CC(C)(C)ONC(=O)/C=C/c1ccccc1Cl. The maximum absolute atomic E-state index is 11.4. The normalized spacial score (nSPS) is 11.8. The number of hydrogen-bond donors (Lipinski definition) is 1. The number of hydroxylamine groups is 1. The second-order valence-corrected chi connectivity index (χ2v) is 4.94. The van der Waals surface area contributed by atoms with Gasteiger partial charge < -0.3 is 0 Å². The van der Waals surface area contributed by atoms with E-state index < -0.39 is 5.60 Å². The van der Waals surface area contributed by atoms with Crippen molar-refractivity contribution in [2.24, 2.45) is 0 Å². The van der Waals surface area contributed by atoms with Crippen LogP contribution in [0.1, 0.15) is 26.3 Å². The summed E-state index contributed by atoms with van der Waals surface area (Å²) in [5.41, 5.74) is 2.73. The molecule has 1 amide bonds. The minimum atomic E-state index is -0.409. The fourth-order valence-corrected chi connectivity index (χ4v) is 1.21. The van der Waals surface area contributed by atoms with Crippen molar-refractivity contribution in [2.75, 3.05) is 0 Å². The lowest BCUT2D eigenvalue weighted by Crippen LogP contribution is -2.32. The van der Waals surface area contributed by atoms with Crippen molar-refractivity contribution >= 4 is 23.6 Å². The molecule has 4 heteroatoms. The molecule has 0 aliphatic carbocycles. The Bertz CT molecular complexity index is 422. The summed E-state index contributed by atoms with van der Waals surface area (Å²) in [6.07, 6.45) is 3.02. The second kappa shape index (κ2) is 5.84. The van der Waals surface area contributed by atoms with E-state index in [-0.39, 0.29) is 5.91 Å². The molecule has 0 spiro atoms. The van der Waals surface area contributed by atoms with Gasteiger partial charge in [0.1, 0.15) is 0 Å². The zero-order chi connectivity index (χ0) is 12.9. The number of carbonyl (C=O) groups excluding carboxylic acids is 1. The first-order chi connectivity index (χ1) is 7.88. The topological polar surface area (TPSA) is 38.3 Å². The average molecular weight is 254 g/mol. The van der Waals surface area contributed by atoms with Gasteiger partial charge in [0.15, 0.2) is 0 Å². The number of halogens is 1. The van der Waals surface area contributed by atoms with Gasteiger partial charge in [-0.05, 0) is 38.5 Å². The second-order valence-electron chi connectivity index (χ2n) is 4.54. The van der Waals surface area contributed by atoms with Crippen LogP contribution in [-0.4, -0.2) is 11.5 Å². The van der Waals surface area contributed by atoms with Gasteiger partial charge in [-0.15, -0.1) is 0 Å². The minimum Gasteiger partial charge on any atom is -0.268 e. The average Bonchev–Trinajstić information content (AvgIpc) is 2.24. The molecule has 17 heavy (non-hydrogen) atoms. The van der Waals surface area contributed by atoms with Crippen molar-refractivity contribution in [1.82, 2.24) is 5.48 Å². The van der Waals surface area contributed by atoms with Crippen LogP contribution < -0.4 is 5.48 Å². The zero-order valence-electron chi connectivity index (χ0n) is 10.2. The summed E-state index contributed by atoms with van der Waals surface area (Å²) in [6.45, 7) is 5.56. The maximum Gasteiger partial charge on any atom is 0.267 e. The van der Waals surface area contributed by atoms with Crippen molar-refractivity contribution in [2.45, 2.75) is 26.4 Å². The lowest BCUT2D eigenvalue weighted by molar-refractivity contribution is -0.140. The van der Waals surface area contributed by atoms with Gasteiger partial charge in [0.2, 0.25) is 0 Å². The molecule has 1 aromatic rings. The predicted octanol–water partition coefficient (Wildman–Crippen LogP) is 3.20. The lowest BCUT2D eigenvalue weighted by Gasteiger charge is -2.18. The predicted molar refractivity (Wildman–Crippen MR) is 69.5 cm³/mol. The standard InChI is InChI=1S/C13H16ClNO2/c1-13(2,3)17-15-12(16)9-8-10-6-4-5-7-11(10)14/h4-9H,1-3H3,(H,15,16)/b9-8+. The fraction of sp³-hybridized carbons (Fsp3) is 0.308. The summed E-state index contributed by atoms with van der Waals surface area (Å²) in [5.74, 6) is -0.320. The number of carbonyl (C=O) groups is 1. The molecule has 0 aromatic heterocycles. The van der Waals surface area contributed by atoms with Crippen molar-refractivity contribution in [3.05, 3.63) is 40.9 Å². The van der Waals surface area contributed by atoms with Crippen LogP contribution in [0.2, 0.25) is 5.02 Å². The van der Waals surface area contributed by atoms with Crippen molar-refractivity contribution in [1.29, 1.82) is 0 Å². The van der Waals surface area contributed by atoms with Crippen LogP contribution >= 0.6 is 11.6 Å². The third-order valence-electron chi connectivity index (χ3n) is 1.78. The summed E-state index contributed by atoms with van der Waals surface area (Å²) in [6, 6.07) is 7.29. The van der Waals surface area contributed by atoms with Gasteiger partial charge in [0.25, 0.3) is 5.91 Å². The van der Waals surface area contributed by atoms with E-state index in [1.807, 2.05) is 39.0 Å². The van der Waals surface area contributed by atoms with E-state index in [2.05, 4.69) is 5.48 Å². The fourth-order valence-electron chi connectivity index (χ4n) is 1.01. The van der Waals surface area contributed by atoms with Crippen LogP contribution in [0, 0.1) is 0 Å². The smallest absolute Gasteiger partial charge is 0.267 e. The Hall–Kier alpha value is -1.32. The molecule has 0 radical (unpaired) electrons. The summed E-state index contributed by atoms with van der Waals surface area (Å²) < 4.78 is 0. The highest BCUT2D eigenvalue weighted by molar-refractivity contribution is 6.32. The van der Waals surface area contributed by atoms with Crippen molar-refractivity contribution in [3.63, 3.8) is 0 Å². The van der Waals surface area contributed by atoms with Crippen LogP contribution in [0.3, 0.4) is 0 Å². The molecule has 0 saturated carbocycles. The first-order valence-electron chi connectivity index (χ1n) is 5.29. The van der Waals surface area contributed by atoms with Gasteiger partial charge >= 0.3 is 0 Å². The van der Waals surface area contributed by atoms with Crippen molar-refractivity contribution in [3.8, 4) is 0 Å². The molecule has 1 aromatic carbocycles. The summed E-state index contributed by atoms with van der Waals surface area (Å²) >= 11 is 5.94. The number of rotatable bonds is 3. The molecule has 0 aliphatic heterocycles. The van der Waals surface area contributed by atoms with Crippen molar-refractivity contribution < 1.29 is 9.63 Å². The lowest BCUT2D eigenvalue weighted by atomic mass is 10.2. The van der Waals surface area contributed by atoms with Crippen LogP contribution in [0.5, 0.6) is 0 Å². The molecule has 0 heterocycles. The number of amides is 1. The summed E-state index contributed by atoms with van der Waals surface area (Å²) in [4.78, 5) is 16.5. The summed E-state index contributed by atoms with van der Waals surface area (Å²) in [7, 11) is 0. The van der Waals surface area contributed by atoms with E-state index in [4.69, 9.17) is 16.4 Å². The van der Waals surface area contributed by atoms with Gasteiger partial charge in [0, 0.05) is 11.1 Å². The third kappa shape index (κ3) is 5.52. The van der Waals surface area contributed by atoms with E-state index in [9.17, 15) is 4.79 Å². The zero-order valence-corrected chi connectivity index (χ0v) is 10.9. The molecular formula is C13H16ClNO2. The Morgan fingerprint density at radius 3 is 2.59 bits per heavy atom. The molecule has 0 aliphatic rings. The van der Waals surface area contributed by atoms with Gasteiger partial charge in [-0.2, -0.15) is 0 Å². The highest BCUT2D eigenvalue weighted by Gasteiger charge is 2.11. The van der Waals surface area contributed by atoms with Crippen LogP contribution in [-0.2, 0) is 9.63 Å². The maximum atomic E-state index is 11.4. The molecule has 92 valence electrons. The van der Waals surface area contributed by atoms with Gasteiger partial charge in [-0.3, -0.25) is 9.63 Å². The highest BCUT2D eigenvalue weighted by atomic mass is 35.5. The Balaban J connectivity index is 2.55. The molecule has 0 saturated heterocycles. The van der Waals surface area contributed by atoms with Gasteiger partial charge in [-0.25, -0.2) is 5.48 Å². The van der Waals surface area contributed by atoms with Gasteiger partial charge in [-0.1, -0.05) is 29.8 Å². The highest BCUT2D eigenvalue weighted by Crippen LogP contribution is 2.16. The third-order valence-corrected chi connectivity index (χ3v) is 2.12. The van der Waals surface area contributed by atoms with Crippen LogP contribution in [0.25, 0.3) is 6.08 Å². The van der Waals surface area contributed by atoms with Crippen LogP contribution in [0.4, 0.5) is 0 Å². The molecule has 0 bridgehead atoms. The monoisotopic (exact) mass is 253 g/mol. The first kappa shape index (κ1) is 13.7. The Morgan fingerprint density at radius 1 is 1.35 bits per heavy atom. The first-order valence-corrected chi connectivity index (χ1v) is 5.67. The summed E-state index contributed by atoms with van der Waals surface area (Å²) in [5, 5.41) is 0.605. The number of nitrogens with one attached hydrogen (secondary N) is 1. The Morgan fingerprint density at radius 2 is 2.00 bits per heavy atom. The number of benzene rings is 1. The van der Waals surface area contributed by atoms with Gasteiger partial charge in [0.05, 0.1) is 5.60 Å². The van der Waals surface area contributed by atoms with E-state index in [1.54, 1.807) is 12.1 Å². The molecule has 0 fully saturated rings. The van der Waals surface area contributed by atoms with E-state index in [0.29, 0.717) is 5.02 Å². The molecular weight excluding hydrogens is 238 g/mol. The van der Waals surface area contributed by atoms with E-state index in [0.717, 1.165) is 5.56 Å². The molecule has 1 N–H and O–H groups in total. The Kier molecular flexibility index (Phi) is 4.73. The Labute approximate surface area is 106 Å². The van der Waals surface area contributed by atoms with Crippen LogP contribution in [0.15, 0.2) is 30.3 Å². The molecule has 3 nitrogen and oxygen atoms in total. The van der Waals surface area contributed by atoms with E-state index >= 15 is 0 Å². The van der Waals surface area contributed by atoms with E-state index in [1.165, 1.54) is 6.08 Å².